The van der Waals surface area contributed by atoms with Crippen LogP contribution in [0.3, 0.4) is 0 Å². The molecule has 1 heterocycles. The molecular weight excluding hydrogens is 363 g/mol. The number of benzene rings is 1. The average Bonchev–Trinajstić information content (AvgIpc) is 2.91. The van der Waals surface area contributed by atoms with Crippen molar-refractivity contribution in [1.29, 1.82) is 0 Å². The van der Waals surface area contributed by atoms with Crippen LogP contribution in [0.4, 0.5) is 13.2 Å². The van der Waals surface area contributed by atoms with E-state index in [-0.39, 0.29) is 30.3 Å². The Bertz CT molecular complexity index is 735. The van der Waals surface area contributed by atoms with E-state index in [1.165, 1.54) is 29.2 Å². The Morgan fingerprint density at radius 3 is 2.56 bits per heavy atom. The molecule has 0 saturated carbocycles. The molecule has 25 heavy (non-hydrogen) atoms. The third-order valence-electron chi connectivity index (χ3n) is 4.04. The molecule has 0 aliphatic carbocycles. The van der Waals surface area contributed by atoms with Gasteiger partial charge in [0, 0.05) is 25.9 Å². The van der Waals surface area contributed by atoms with Gasteiger partial charge in [0.15, 0.2) is 9.84 Å². The number of aliphatic carboxylic acids is 1. The predicted molar refractivity (Wildman–Crippen MR) is 82.2 cm³/mol. The van der Waals surface area contributed by atoms with Crippen LogP contribution in [0, 0.1) is 11.8 Å². The molecule has 1 aromatic carbocycles. The van der Waals surface area contributed by atoms with Crippen LogP contribution < -0.4 is 4.74 Å². The number of nitrogens with zero attached hydrogens (tertiary/aromatic N) is 1. The van der Waals surface area contributed by atoms with Crippen LogP contribution >= 0.6 is 0 Å². The second kappa shape index (κ2) is 7.20. The molecule has 0 aromatic heterocycles. The van der Waals surface area contributed by atoms with Crippen molar-refractivity contribution >= 4 is 15.8 Å². The Morgan fingerprint density at radius 2 is 2.04 bits per heavy atom. The van der Waals surface area contributed by atoms with Crippen molar-refractivity contribution in [3.63, 3.8) is 0 Å². The third kappa shape index (κ3) is 5.08. The lowest BCUT2D eigenvalue weighted by Crippen LogP contribution is -2.33. The number of carbonyl (C=O) groups is 1. The highest BCUT2D eigenvalue weighted by Crippen LogP contribution is 2.37. The Kier molecular flexibility index (Phi) is 5.62. The van der Waals surface area contributed by atoms with E-state index in [1.54, 1.807) is 0 Å². The molecule has 1 aromatic rings. The molecule has 2 atom stereocenters. The Balaban J connectivity index is 1.93. The number of sulfone groups is 1. The van der Waals surface area contributed by atoms with Crippen LogP contribution in [-0.2, 0) is 14.6 Å². The van der Waals surface area contributed by atoms with E-state index >= 15 is 0 Å². The van der Waals surface area contributed by atoms with E-state index in [2.05, 4.69) is 0 Å². The van der Waals surface area contributed by atoms with Crippen molar-refractivity contribution in [1.82, 2.24) is 4.90 Å². The molecule has 1 fully saturated rings. The highest BCUT2D eigenvalue weighted by molar-refractivity contribution is 7.90. The van der Waals surface area contributed by atoms with Crippen LogP contribution in [0.5, 0.6) is 5.75 Å². The van der Waals surface area contributed by atoms with E-state index in [0.717, 1.165) is 6.26 Å². The first kappa shape index (κ1) is 19.5. The van der Waals surface area contributed by atoms with Crippen LogP contribution in [0.1, 0.15) is 0 Å². The van der Waals surface area contributed by atoms with Crippen LogP contribution in [0.2, 0.25) is 0 Å². The van der Waals surface area contributed by atoms with Gasteiger partial charge in [0.25, 0.3) is 0 Å². The first-order valence-electron chi connectivity index (χ1n) is 7.43. The molecule has 0 bridgehead atoms. The van der Waals surface area contributed by atoms with Crippen molar-refractivity contribution in [2.75, 3.05) is 32.5 Å². The van der Waals surface area contributed by atoms with Crippen LogP contribution in [0.15, 0.2) is 29.2 Å². The maximum absolute atomic E-state index is 12.9. The molecule has 1 aliphatic rings. The van der Waals surface area contributed by atoms with Gasteiger partial charge >= 0.3 is 12.1 Å². The topological polar surface area (TPSA) is 83.9 Å². The Labute approximate surface area is 143 Å². The molecule has 140 valence electrons. The number of hydrogen-bond donors (Lipinski definition) is 1. The van der Waals surface area contributed by atoms with Gasteiger partial charge in [0.2, 0.25) is 0 Å². The zero-order chi connectivity index (χ0) is 18.8. The van der Waals surface area contributed by atoms with E-state index in [9.17, 15) is 26.4 Å². The van der Waals surface area contributed by atoms with Gasteiger partial charge in [-0.3, -0.25) is 9.69 Å². The number of alkyl halides is 3. The molecule has 1 N–H and O–H groups in total. The Hall–Kier alpha value is -1.81. The van der Waals surface area contributed by atoms with Crippen molar-refractivity contribution in [3.05, 3.63) is 24.3 Å². The van der Waals surface area contributed by atoms with Gasteiger partial charge in [-0.15, -0.1) is 0 Å². The lowest BCUT2D eigenvalue weighted by Gasteiger charge is -2.18. The standard InChI is InChI=1S/C15H18F3NO5S/c1-25(22,23)11-4-2-3-10(7-11)24-6-5-19-8-12(14(20)21)13(9-19)15(16,17)18/h2-4,7,12-13H,5-6,8-9H2,1H3,(H,20,21)/t12-,13-/m1/s1. The van der Waals surface area contributed by atoms with E-state index < -0.39 is 40.4 Å². The van der Waals surface area contributed by atoms with Crippen LogP contribution in [-0.4, -0.2) is 63.1 Å². The maximum Gasteiger partial charge on any atom is 0.393 e. The van der Waals surface area contributed by atoms with Gasteiger partial charge in [0.1, 0.15) is 12.4 Å². The highest BCUT2D eigenvalue weighted by Gasteiger charge is 2.52. The number of halogens is 3. The van der Waals surface area contributed by atoms with Crippen molar-refractivity contribution in [3.8, 4) is 5.75 Å². The van der Waals surface area contributed by atoms with Crippen LogP contribution in [0.25, 0.3) is 0 Å². The van der Waals surface area contributed by atoms with E-state index in [1.807, 2.05) is 0 Å². The number of rotatable bonds is 6. The molecule has 2 rings (SSSR count). The second-order valence-corrected chi connectivity index (χ2v) is 7.96. The summed E-state index contributed by atoms with van der Waals surface area (Å²) in [5.41, 5.74) is 0. The second-order valence-electron chi connectivity index (χ2n) is 5.95. The molecule has 10 heteroatoms. The number of hydrogen-bond acceptors (Lipinski definition) is 5. The summed E-state index contributed by atoms with van der Waals surface area (Å²) in [7, 11) is -3.39. The first-order chi connectivity index (χ1) is 11.5. The lowest BCUT2D eigenvalue weighted by atomic mass is 9.96. The van der Waals surface area contributed by atoms with Gasteiger partial charge in [-0.05, 0) is 18.2 Å². The third-order valence-corrected chi connectivity index (χ3v) is 5.15. The Morgan fingerprint density at radius 1 is 1.36 bits per heavy atom. The molecule has 6 nitrogen and oxygen atoms in total. The lowest BCUT2D eigenvalue weighted by molar-refractivity contribution is -0.188. The minimum Gasteiger partial charge on any atom is -0.492 e. The number of ether oxygens (including phenoxy) is 1. The average molecular weight is 381 g/mol. The molecule has 0 unspecified atom stereocenters. The summed E-state index contributed by atoms with van der Waals surface area (Å²) < 4.78 is 67.1. The summed E-state index contributed by atoms with van der Waals surface area (Å²) >= 11 is 0. The summed E-state index contributed by atoms with van der Waals surface area (Å²) in [6.45, 7) is -0.469. The van der Waals surface area contributed by atoms with Crippen molar-refractivity contribution in [2.45, 2.75) is 11.1 Å². The molecule has 0 radical (unpaired) electrons. The molecular formula is C15H18F3NO5S. The fourth-order valence-electron chi connectivity index (χ4n) is 2.74. The minimum atomic E-state index is -4.57. The molecule has 1 aliphatic heterocycles. The highest BCUT2D eigenvalue weighted by atomic mass is 32.2. The van der Waals surface area contributed by atoms with E-state index in [4.69, 9.17) is 9.84 Å². The number of carboxylic acids is 1. The van der Waals surface area contributed by atoms with Gasteiger partial charge in [-0.1, -0.05) is 6.07 Å². The summed E-state index contributed by atoms with van der Waals surface area (Å²) in [4.78, 5) is 12.5. The molecule has 1 saturated heterocycles. The van der Waals surface area contributed by atoms with Crippen molar-refractivity contribution in [2.24, 2.45) is 11.8 Å². The van der Waals surface area contributed by atoms with Gasteiger partial charge in [-0.25, -0.2) is 8.42 Å². The normalized spacial score (nSPS) is 22.1. The minimum absolute atomic E-state index is 0.0180. The van der Waals surface area contributed by atoms with Gasteiger partial charge in [0.05, 0.1) is 16.7 Å². The number of likely N-dealkylation sites (tertiary alicyclic amines) is 1. The maximum atomic E-state index is 12.9. The SMILES string of the molecule is CS(=O)(=O)c1cccc(OCCN2C[C@@H](C(F)(F)F)[C@H](C(=O)O)C2)c1. The fourth-order valence-corrected chi connectivity index (χ4v) is 3.39. The molecule has 0 spiro atoms. The van der Waals surface area contributed by atoms with E-state index in [0.29, 0.717) is 0 Å². The quantitative estimate of drug-likeness (QED) is 0.807. The van der Waals surface area contributed by atoms with Gasteiger partial charge in [-0.2, -0.15) is 13.2 Å². The van der Waals surface area contributed by atoms with Crippen molar-refractivity contribution < 1.29 is 36.2 Å². The molecule has 0 amide bonds. The summed E-state index contributed by atoms with van der Waals surface area (Å²) in [5.74, 6) is -4.58. The zero-order valence-corrected chi connectivity index (χ0v) is 14.2. The monoisotopic (exact) mass is 381 g/mol. The first-order valence-corrected chi connectivity index (χ1v) is 9.32. The summed E-state index contributed by atoms with van der Waals surface area (Å²) in [5, 5.41) is 8.96. The predicted octanol–water partition coefficient (Wildman–Crippen LogP) is 1.66. The summed E-state index contributed by atoms with van der Waals surface area (Å²) in [6, 6.07) is 5.78. The fraction of sp³-hybridized carbons (Fsp3) is 0.533. The largest absolute Gasteiger partial charge is 0.492 e. The smallest absolute Gasteiger partial charge is 0.393 e. The van der Waals surface area contributed by atoms with Gasteiger partial charge < -0.3 is 9.84 Å². The zero-order valence-electron chi connectivity index (χ0n) is 13.4. The number of carboxylic acid groups (broad SMARTS) is 1. The summed E-state index contributed by atoms with van der Waals surface area (Å²) in [6.07, 6.45) is -3.51.